The number of nitrogens with zero attached hydrogens (tertiary/aromatic N) is 2. The summed E-state index contributed by atoms with van der Waals surface area (Å²) in [5, 5.41) is 7.70. The smallest absolute Gasteiger partial charge is 0.159 e. The molecule has 2 aromatic rings. The highest BCUT2D eigenvalue weighted by Crippen LogP contribution is 2.10. The van der Waals surface area contributed by atoms with Crippen molar-refractivity contribution in [1.82, 2.24) is 15.1 Å². The molecule has 1 aromatic heterocycles. The maximum absolute atomic E-state index is 13.1. The van der Waals surface area contributed by atoms with Crippen LogP contribution in [-0.2, 0) is 13.1 Å². The van der Waals surface area contributed by atoms with Crippen LogP contribution in [0.25, 0.3) is 0 Å². The molecule has 108 valence electrons. The van der Waals surface area contributed by atoms with Crippen molar-refractivity contribution in [3.8, 4) is 0 Å². The van der Waals surface area contributed by atoms with E-state index in [9.17, 15) is 8.78 Å². The normalized spacial score (nSPS) is 11.2. The molecule has 0 aliphatic carbocycles. The Morgan fingerprint density at radius 1 is 1.20 bits per heavy atom. The van der Waals surface area contributed by atoms with E-state index in [1.165, 1.54) is 6.07 Å². The van der Waals surface area contributed by atoms with E-state index in [-0.39, 0.29) is 0 Å². The van der Waals surface area contributed by atoms with Crippen molar-refractivity contribution >= 4 is 0 Å². The number of benzene rings is 1. The molecule has 0 fully saturated rings. The van der Waals surface area contributed by atoms with Crippen molar-refractivity contribution in [2.24, 2.45) is 5.92 Å². The first-order valence-electron chi connectivity index (χ1n) is 6.71. The topological polar surface area (TPSA) is 29.9 Å². The molecule has 1 aromatic carbocycles. The second kappa shape index (κ2) is 6.61. The predicted octanol–water partition coefficient (Wildman–Crippen LogP) is 2.96. The Kier molecular flexibility index (Phi) is 4.84. The molecule has 0 spiro atoms. The molecule has 0 unspecified atom stereocenters. The zero-order valence-corrected chi connectivity index (χ0v) is 11.7. The zero-order chi connectivity index (χ0) is 14.5. The third-order valence-electron chi connectivity index (χ3n) is 2.88. The Hall–Kier alpha value is -1.75. The highest BCUT2D eigenvalue weighted by Gasteiger charge is 2.04. The number of halogens is 2. The molecule has 3 nitrogen and oxygen atoms in total. The average molecular weight is 279 g/mol. The minimum absolute atomic E-state index is 0.432. The highest BCUT2D eigenvalue weighted by atomic mass is 19.2. The summed E-state index contributed by atoms with van der Waals surface area (Å²) in [6.45, 7) is 6.38. The summed E-state index contributed by atoms with van der Waals surface area (Å²) in [7, 11) is 0. The molecule has 0 bridgehead atoms. The lowest BCUT2D eigenvalue weighted by molar-refractivity contribution is 0.505. The zero-order valence-electron chi connectivity index (χ0n) is 11.7. The summed E-state index contributed by atoms with van der Waals surface area (Å²) in [6.07, 6.45) is 1.84. The van der Waals surface area contributed by atoms with Crippen molar-refractivity contribution in [3.05, 3.63) is 53.4 Å². The Morgan fingerprint density at radius 2 is 2.00 bits per heavy atom. The molecular formula is C15H19F2N3. The van der Waals surface area contributed by atoms with Gasteiger partial charge in [0.1, 0.15) is 0 Å². The van der Waals surface area contributed by atoms with Crippen LogP contribution in [0.15, 0.2) is 30.5 Å². The van der Waals surface area contributed by atoms with Crippen LogP contribution in [0.2, 0.25) is 0 Å². The van der Waals surface area contributed by atoms with Gasteiger partial charge in [0.05, 0.1) is 12.2 Å². The van der Waals surface area contributed by atoms with Crippen LogP contribution in [0.1, 0.15) is 25.1 Å². The van der Waals surface area contributed by atoms with E-state index in [1.807, 2.05) is 12.3 Å². The second-order valence-corrected chi connectivity index (χ2v) is 5.28. The maximum Gasteiger partial charge on any atom is 0.159 e. The standard InChI is InChI=1S/C15H19F2N3/c1-11(2)8-18-9-13-5-6-20(19-13)10-12-3-4-14(16)15(17)7-12/h3-7,11,18H,8-10H2,1-2H3. The maximum atomic E-state index is 13.1. The number of aromatic nitrogens is 2. The van der Waals surface area contributed by atoms with E-state index < -0.39 is 11.6 Å². The van der Waals surface area contributed by atoms with Crippen LogP contribution in [0.4, 0.5) is 8.78 Å². The highest BCUT2D eigenvalue weighted by molar-refractivity contribution is 5.18. The lowest BCUT2D eigenvalue weighted by atomic mass is 10.2. The summed E-state index contributed by atoms with van der Waals surface area (Å²) in [6, 6.07) is 5.83. The van der Waals surface area contributed by atoms with Crippen LogP contribution in [0, 0.1) is 17.6 Å². The monoisotopic (exact) mass is 279 g/mol. The molecule has 1 N–H and O–H groups in total. The third kappa shape index (κ3) is 4.13. The average Bonchev–Trinajstić information content (AvgIpc) is 2.81. The molecular weight excluding hydrogens is 260 g/mol. The minimum Gasteiger partial charge on any atom is -0.311 e. The van der Waals surface area contributed by atoms with Gasteiger partial charge in [-0.2, -0.15) is 5.10 Å². The largest absolute Gasteiger partial charge is 0.311 e. The summed E-state index contributed by atoms with van der Waals surface area (Å²) >= 11 is 0. The molecule has 0 atom stereocenters. The Labute approximate surface area is 117 Å². The number of nitrogens with one attached hydrogen (secondary N) is 1. The third-order valence-corrected chi connectivity index (χ3v) is 2.88. The molecule has 0 radical (unpaired) electrons. The van der Waals surface area contributed by atoms with Crippen molar-refractivity contribution in [3.63, 3.8) is 0 Å². The number of rotatable bonds is 6. The first-order valence-corrected chi connectivity index (χ1v) is 6.71. The lowest BCUT2D eigenvalue weighted by Gasteiger charge is -2.05. The van der Waals surface area contributed by atoms with E-state index in [1.54, 1.807) is 10.7 Å². The Morgan fingerprint density at radius 3 is 2.70 bits per heavy atom. The van der Waals surface area contributed by atoms with Crippen molar-refractivity contribution in [2.45, 2.75) is 26.9 Å². The number of hydrogen-bond acceptors (Lipinski definition) is 2. The fraction of sp³-hybridized carbons (Fsp3) is 0.400. The summed E-state index contributed by atoms with van der Waals surface area (Å²) < 4.78 is 27.7. The molecule has 0 saturated heterocycles. The van der Waals surface area contributed by atoms with Gasteiger partial charge in [-0.1, -0.05) is 19.9 Å². The molecule has 0 saturated carbocycles. The predicted molar refractivity (Wildman–Crippen MR) is 74.2 cm³/mol. The van der Waals surface area contributed by atoms with Gasteiger partial charge in [-0.05, 0) is 36.2 Å². The summed E-state index contributed by atoms with van der Waals surface area (Å²) in [5.41, 5.74) is 1.63. The molecule has 0 aliphatic heterocycles. The van der Waals surface area contributed by atoms with Gasteiger partial charge in [0, 0.05) is 12.7 Å². The molecule has 0 aliphatic rings. The fourth-order valence-corrected chi connectivity index (χ4v) is 1.90. The fourth-order valence-electron chi connectivity index (χ4n) is 1.90. The van der Waals surface area contributed by atoms with E-state index in [0.717, 1.165) is 18.3 Å². The van der Waals surface area contributed by atoms with Gasteiger partial charge >= 0.3 is 0 Å². The van der Waals surface area contributed by atoms with Gasteiger partial charge in [-0.25, -0.2) is 8.78 Å². The lowest BCUT2D eigenvalue weighted by Crippen LogP contribution is -2.19. The van der Waals surface area contributed by atoms with Gasteiger partial charge in [-0.3, -0.25) is 4.68 Å². The van der Waals surface area contributed by atoms with Gasteiger partial charge in [0.2, 0.25) is 0 Å². The Balaban J connectivity index is 1.93. The molecule has 5 heteroatoms. The van der Waals surface area contributed by atoms with E-state index in [2.05, 4.69) is 24.3 Å². The van der Waals surface area contributed by atoms with Gasteiger partial charge in [-0.15, -0.1) is 0 Å². The summed E-state index contributed by atoms with van der Waals surface area (Å²) in [5.74, 6) is -1.06. The second-order valence-electron chi connectivity index (χ2n) is 5.28. The number of hydrogen-bond donors (Lipinski definition) is 1. The first-order chi connectivity index (χ1) is 9.54. The van der Waals surface area contributed by atoms with Crippen LogP contribution < -0.4 is 5.32 Å². The van der Waals surface area contributed by atoms with Gasteiger partial charge in [0.15, 0.2) is 11.6 Å². The van der Waals surface area contributed by atoms with Gasteiger partial charge in [0.25, 0.3) is 0 Å². The van der Waals surface area contributed by atoms with E-state index in [0.29, 0.717) is 24.6 Å². The van der Waals surface area contributed by atoms with Crippen molar-refractivity contribution in [1.29, 1.82) is 0 Å². The van der Waals surface area contributed by atoms with Crippen molar-refractivity contribution < 1.29 is 8.78 Å². The minimum atomic E-state index is -0.826. The quantitative estimate of drug-likeness (QED) is 0.881. The Bertz CT molecular complexity index is 564. The van der Waals surface area contributed by atoms with Crippen LogP contribution in [-0.4, -0.2) is 16.3 Å². The first kappa shape index (κ1) is 14.7. The van der Waals surface area contributed by atoms with Gasteiger partial charge < -0.3 is 5.32 Å². The molecule has 20 heavy (non-hydrogen) atoms. The molecule has 2 rings (SSSR count). The van der Waals surface area contributed by atoms with Crippen LogP contribution in [0.3, 0.4) is 0 Å². The van der Waals surface area contributed by atoms with E-state index >= 15 is 0 Å². The van der Waals surface area contributed by atoms with Crippen molar-refractivity contribution in [2.75, 3.05) is 6.54 Å². The molecule has 0 amide bonds. The van der Waals surface area contributed by atoms with Crippen LogP contribution in [0.5, 0.6) is 0 Å². The van der Waals surface area contributed by atoms with Crippen LogP contribution >= 0.6 is 0 Å². The van der Waals surface area contributed by atoms with E-state index in [4.69, 9.17) is 0 Å². The molecule has 1 heterocycles. The SMILES string of the molecule is CC(C)CNCc1ccn(Cc2ccc(F)c(F)c2)n1. The summed E-state index contributed by atoms with van der Waals surface area (Å²) in [4.78, 5) is 0.